The van der Waals surface area contributed by atoms with E-state index in [0.29, 0.717) is 6.42 Å². The quantitative estimate of drug-likeness (QED) is 0.131. The lowest BCUT2D eigenvalue weighted by Gasteiger charge is -2.27. The first-order valence-electron chi connectivity index (χ1n) is 9.72. The summed E-state index contributed by atoms with van der Waals surface area (Å²) in [5.41, 5.74) is 5.55. The molecule has 0 fully saturated rings. The minimum atomic E-state index is -1.86. The molecule has 0 aliphatic carbocycles. The molecule has 14 nitrogen and oxygen atoms in total. The predicted molar refractivity (Wildman–Crippen MR) is 107 cm³/mol. The standard InChI is InChI=1S/C18H30N4O10/c1-4-7(2)14(22-16(29)13(19)8(3)23)17(30)20-9(5-11(24)25)15(28)21-10(18(31)32)6-12(26)27/h7-10,13-14,23H,4-6,19H2,1-3H3,(H,20,30)(H,21,28)(H,22,29)(H,24,25)(H,26,27)(H,31,32). The fourth-order valence-corrected chi connectivity index (χ4v) is 2.46. The summed E-state index contributed by atoms with van der Waals surface area (Å²) < 4.78 is 0. The van der Waals surface area contributed by atoms with Crippen molar-refractivity contribution in [3.63, 3.8) is 0 Å². The van der Waals surface area contributed by atoms with Gasteiger partial charge in [-0.2, -0.15) is 0 Å². The number of carbonyl (C=O) groups excluding carboxylic acids is 3. The van der Waals surface area contributed by atoms with Crippen LogP contribution in [0.4, 0.5) is 0 Å². The van der Waals surface area contributed by atoms with E-state index in [1.165, 1.54) is 6.92 Å². The van der Waals surface area contributed by atoms with Gasteiger partial charge in [0, 0.05) is 0 Å². The number of aliphatic carboxylic acids is 3. The van der Waals surface area contributed by atoms with Gasteiger partial charge in [-0.1, -0.05) is 20.3 Å². The lowest BCUT2D eigenvalue weighted by molar-refractivity contribution is -0.148. The van der Waals surface area contributed by atoms with Gasteiger partial charge < -0.3 is 42.1 Å². The first kappa shape index (κ1) is 28.7. The number of nitrogens with one attached hydrogen (secondary N) is 3. The summed E-state index contributed by atoms with van der Waals surface area (Å²) in [6, 6.07) is -6.22. The second-order valence-corrected chi connectivity index (χ2v) is 7.29. The van der Waals surface area contributed by atoms with Crippen LogP contribution in [-0.4, -0.2) is 86.3 Å². The smallest absolute Gasteiger partial charge is 0.326 e. The Labute approximate surface area is 183 Å². The normalized spacial score (nSPS) is 16.4. The number of hydrogen-bond acceptors (Lipinski definition) is 8. The van der Waals surface area contributed by atoms with Crippen LogP contribution < -0.4 is 21.7 Å². The van der Waals surface area contributed by atoms with Crippen LogP contribution in [-0.2, 0) is 28.8 Å². The van der Waals surface area contributed by atoms with Crippen LogP contribution in [0.25, 0.3) is 0 Å². The van der Waals surface area contributed by atoms with E-state index in [4.69, 9.17) is 21.1 Å². The van der Waals surface area contributed by atoms with Crippen molar-refractivity contribution in [1.82, 2.24) is 16.0 Å². The van der Waals surface area contributed by atoms with E-state index in [0.717, 1.165) is 0 Å². The van der Waals surface area contributed by atoms with Crippen molar-refractivity contribution in [2.45, 2.75) is 70.3 Å². The number of aliphatic hydroxyl groups excluding tert-OH is 1. The van der Waals surface area contributed by atoms with Gasteiger partial charge in [-0.3, -0.25) is 24.0 Å². The molecule has 0 aliphatic heterocycles. The van der Waals surface area contributed by atoms with Crippen molar-refractivity contribution in [2.24, 2.45) is 11.7 Å². The van der Waals surface area contributed by atoms with Crippen LogP contribution in [0.15, 0.2) is 0 Å². The molecule has 182 valence electrons. The molecule has 32 heavy (non-hydrogen) atoms. The number of nitrogens with two attached hydrogens (primary N) is 1. The Morgan fingerprint density at radius 3 is 1.66 bits per heavy atom. The van der Waals surface area contributed by atoms with Crippen LogP contribution in [0.1, 0.15) is 40.0 Å². The Balaban J connectivity index is 5.61. The average Bonchev–Trinajstić information content (AvgIpc) is 2.68. The monoisotopic (exact) mass is 462 g/mol. The molecule has 14 heteroatoms. The molecular formula is C18H30N4O10. The van der Waals surface area contributed by atoms with Crippen molar-refractivity contribution >= 4 is 35.6 Å². The van der Waals surface area contributed by atoms with Crippen molar-refractivity contribution in [1.29, 1.82) is 0 Å². The minimum Gasteiger partial charge on any atom is -0.481 e. The zero-order valence-electron chi connectivity index (χ0n) is 17.9. The van der Waals surface area contributed by atoms with E-state index < -0.39 is 84.7 Å². The molecule has 0 spiro atoms. The Morgan fingerprint density at radius 1 is 0.781 bits per heavy atom. The largest absolute Gasteiger partial charge is 0.481 e. The van der Waals surface area contributed by atoms with Crippen LogP contribution in [0.2, 0.25) is 0 Å². The third-order valence-electron chi connectivity index (χ3n) is 4.62. The van der Waals surface area contributed by atoms with E-state index in [1.54, 1.807) is 13.8 Å². The zero-order chi connectivity index (χ0) is 25.2. The summed E-state index contributed by atoms with van der Waals surface area (Å²) in [4.78, 5) is 70.4. The van der Waals surface area contributed by atoms with Crippen molar-refractivity contribution in [2.75, 3.05) is 0 Å². The van der Waals surface area contributed by atoms with Gasteiger partial charge in [0.1, 0.15) is 24.2 Å². The highest BCUT2D eigenvalue weighted by Crippen LogP contribution is 2.10. The van der Waals surface area contributed by atoms with Gasteiger partial charge in [-0.15, -0.1) is 0 Å². The molecule has 0 saturated carbocycles. The van der Waals surface area contributed by atoms with Crippen LogP contribution in [0.5, 0.6) is 0 Å². The van der Waals surface area contributed by atoms with Crippen molar-refractivity contribution in [3.05, 3.63) is 0 Å². The Bertz CT molecular complexity index is 727. The SMILES string of the molecule is CCC(C)C(NC(=O)C(N)C(C)O)C(=O)NC(CC(=O)O)C(=O)NC(CC(=O)O)C(=O)O. The first-order chi connectivity index (χ1) is 14.7. The molecule has 6 atom stereocenters. The molecule has 0 aromatic heterocycles. The van der Waals surface area contributed by atoms with Gasteiger partial charge in [-0.25, -0.2) is 4.79 Å². The fourth-order valence-electron chi connectivity index (χ4n) is 2.46. The molecule has 0 radical (unpaired) electrons. The van der Waals surface area contributed by atoms with E-state index in [2.05, 4.69) is 10.6 Å². The molecule has 0 aromatic rings. The second kappa shape index (κ2) is 13.2. The number of aliphatic hydroxyl groups is 1. The Morgan fingerprint density at radius 2 is 1.25 bits per heavy atom. The van der Waals surface area contributed by atoms with E-state index in [-0.39, 0.29) is 0 Å². The Hall–Kier alpha value is -3.26. The van der Waals surface area contributed by atoms with Crippen molar-refractivity contribution in [3.8, 4) is 0 Å². The lowest BCUT2D eigenvalue weighted by Crippen LogP contribution is -2.60. The van der Waals surface area contributed by atoms with Crippen molar-refractivity contribution < 1.29 is 49.2 Å². The maximum Gasteiger partial charge on any atom is 0.326 e. The number of carboxylic acid groups (broad SMARTS) is 3. The molecule has 0 aliphatic rings. The zero-order valence-corrected chi connectivity index (χ0v) is 17.9. The van der Waals surface area contributed by atoms with Gasteiger partial charge in [0.25, 0.3) is 0 Å². The van der Waals surface area contributed by atoms with E-state index in [9.17, 15) is 33.9 Å². The molecule has 0 saturated heterocycles. The molecule has 0 rings (SSSR count). The average molecular weight is 462 g/mol. The molecule has 0 aromatic carbocycles. The maximum atomic E-state index is 12.8. The summed E-state index contributed by atoms with van der Waals surface area (Å²) in [6.45, 7) is 4.57. The van der Waals surface area contributed by atoms with Gasteiger partial charge in [0.2, 0.25) is 17.7 Å². The summed E-state index contributed by atoms with van der Waals surface area (Å²) >= 11 is 0. The third-order valence-corrected chi connectivity index (χ3v) is 4.62. The highest BCUT2D eigenvalue weighted by atomic mass is 16.4. The highest BCUT2D eigenvalue weighted by Gasteiger charge is 2.34. The topological polar surface area (TPSA) is 245 Å². The van der Waals surface area contributed by atoms with E-state index in [1.807, 2.05) is 5.32 Å². The number of rotatable bonds is 14. The fraction of sp³-hybridized carbons (Fsp3) is 0.667. The van der Waals surface area contributed by atoms with E-state index >= 15 is 0 Å². The summed E-state index contributed by atoms with van der Waals surface area (Å²) in [6.07, 6.45) is -2.75. The Kier molecular flexibility index (Phi) is 11.9. The summed E-state index contributed by atoms with van der Waals surface area (Å²) in [5, 5.41) is 42.7. The van der Waals surface area contributed by atoms with Gasteiger partial charge in [-0.05, 0) is 12.8 Å². The molecular weight excluding hydrogens is 432 g/mol. The minimum absolute atomic E-state index is 0.387. The first-order valence-corrected chi connectivity index (χ1v) is 9.72. The van der Waals surface area contributed by atoms with Crippen LogP contribution in [0.3, 0.4) is 0 Å². The molecule has 6 unspecified atom stereocenters. The summed E-state index contributed by atoms with van der Waals surface area (Å²) in [7, 11) is 0. The lowest BCUT2D eigenvalue weighted by atomic mass is 9.97. The number of carboxylic acids is 3. The van der Waals surface area contributed by atoms with Crippen LogP contribution >= 0.6 is 0 Å². The molecule has 0 bridgehead atoms. The summed E-state index contributed by atoms with van der Waals surface area (Å²) in [5.74, 6) is -8.22. The maximum absolute atomic E-state index is 12.8. The van der Waals surface area contributed by atoms with Gasteiger partial charge in [0.15, 0.2) is 0 Å². The molecule has 3 amide bonds. The third kappa shape index (κ3) is 9.70. The van der Waals surface area contributed by atoms with Crippen LogP contribution in [0, 0.1) is 5.92 Å². The number of carbonyl (C=O) groups is 6. The predicted octanol–water partition coefficient (Wildman–Crippen LogP) is -2.77. The molecule has 0 heterocycles. The number of hydrogen-bond donors (Lipinski definition) is 8. The highest BCUT2D eigenvalue weighted by molar-refractivity contribution is 5.96. The van der Waals surface area contributed by atoms with Gasteiger partial charge in [0.05, 0.1) is 18.9 Å². The van der Waals surface area contributed by atoms with Gasteiger partial charge >= 0.3 is 17.9 Å². The second-order valence-electron chi connectivity index (χ2n) is 7.29. The number of amides is 3. The molecule has 9 N–H and O–H groups in total.